The van der Waals surface area contributed by atoms with E-state index < -0.39 is 0 Å². The van der Waals surface area contributed by atoms with Crippen LogP contribution in [0.5, 0.6) is 0 Å². The van der Waals surface area contributed by atoms with Crippen LogP contribution in [0.1, 0.15) is 33.6 Å². The van der Waals surface area contributed by atoms with Gasteiger partial charge in [0.05, 0.1) is 59.0 Å². The summed E-state index contributed by atoms with van der Waals surface area (Å²) < 4.78 is 20.3. The maximum Gasteiger partial charge on any atom is 0.0703 e. The molecule has 0 aromatic carbocycles. The Bertz CT molecular complexity index is 158. The number of unbranched alkanes of at least 4 members (excludes halogenated alkanes) is 1. The fourth-order valence-corrected chi connectivity index (χ4v) is 1.14. The highest BCUT2D eigenvalue weighted by Crippen LogP contribution is 1.87. The van der Waals surface area contributed by atoms with Crippen molar-refractivity contribution in [1.82, 2.24) is 0 Å². The molecule has 0 spiro atoms. The van der Waals surface area contributed by atoms with E-state index in [1.54, 1.807) is 0 Å². The largest absolute Gasteiger partial charge is 0.394 e. The third-order valence-electron chi connectivity index (χ3n) is 2.16. The Hall–Kier alpha value is -0.240. The van der Waals surface area contributed by atoms with Gasteiger partial charge in [0.2, 0.25) is 0 Å². The minimum atomic E-state index is 0.0850. The van der Waals surface area contributed by atoms with Crippen molar-refractivity contribution < 1.29 is 29.2 Å². The highest BCUT2D eigenvalue weighted by Gasteiger charge is 1.91. The van der Waals surface area contributed by atoms with Crippen molar-refractivity contribution in [1.29, 1.82) is 0 Å². The fourth-order valence-electron chi connectivity index (χ4n) is 1.14. The highest BCUT2D eigenvalue weighted by atomic mass is 16.5. The van der Waals surface area contributed by atoms with Crippen LogP contribution in [0.25, 0.3) is 0 Å². The number of aliphatic hydroxyl groups is 2. The molecule has 0 amide bonds. The smallest absolute Gasteiger partial charge is 0.0703 e. The second-order valence-electron chi connectivity index (χ2n) is 4.56. The van der Waals surface area contributed by atoms with Gasteiger partial charge >= 0.3 is 0 Å². The molecule has 0 radical (unpaired) electrons. The van der Waals surface area contributed by atoms with Crippen LogP contribution in [-0.2, 0) is 18.9 Å². The van der Waals surface area contributed by atoms with E-state index in [1.807, 2.05) is 13.8 Å². The van der Waals surface area contributed by atoms with Crippen LogP contribution in [0.3, 0.4) is 0 Å². The number of aliphatic hydroxyl groups excluding tert-OH is 2. The predicted octanol–water partition coefficient (Wildman–Crippen LogP) is 1.23. The molecule has 0 bridgehead atoms. The standard InChI is InChI=1S/C8H18O3.C7H16O3/c1-2-3-5-10-7-8-11-6-4-9;1-7(2)10-6-5-9-4-3-8/h9H,2-8H2,1H3;7-8H,3-6H2,1-2H3. The van der Waals surface area contributed by atoms with Gasteiger partial charge in [-0.1, -0.05) is 13.3 Å². The van der Waals surface area contributed by atoms with E-state index in [-0.39, 0.29) is 19.3 Å². The van der Waals surface area contributed by atoms with Gasteiger partial charge in [0.1, 0.15) is 0 Å². The predicted molar refractivity (Wildman–Crippen MR) is 82.6 cm³/mol. The molecule has 6 nitrogen and oxygen atoms in total. The molecule has 0 aromatic rings. The van der Waals surface area contributed by atoms with E-state index in [0.717, 1.165) is 19.4 Å². The maximum absolute atomic E-state index is 8.34. The van der Waals surface area contributed by atoms with Crippen LogP contribution in [-0.4, -0.2) is 75.8 Å². The van der Waals surface area contributed by atoms with Crippen LogP contribution in [0.4, 0.5) is 0 Å². The first kappa shape index (κ1) is 23.0. The number of rotatable bonds is 14. The van der Waals surface area contributed by atoms with Gasteiger partial charge in [-0.15, -0.1) is 0 Å². The summed E-state index contributed by atoms with van der Waals surface area (Å²) in [6, 6.07) is 0. The minimum absolute atomic E-state index is 0.0850. The van der Waals surface area contributed by atoms with E-state index in [2.05, 4.69) is 6.92 Å². The Morgan fingerprint density at radius 3 is 1.62 bits per heavy atom. The SMILES string of the molecule is CC(C)OCCOCCO.CCCCOCCOCCO. The molecule has 0 fully saturated rings. The highest BCUT2D eigenvalue weighted by molar-refractivity contribution is 4.36. The Labute approximate surface area is 129 Å². The van der Waals surface area contributed by atoms with Crippen LogP contribution in [0, 0.1) is 0 Å². The normalized spacial score (nSPS) is 10.6. The molecular weight excluding hydrogens is 276 g/mol. The number of hydrogen-bond acceptors (Lipinski definition) is 6. The Morgan fingerprint density at radius 1 is 0.714 bits per heavy atom. The molecule has 0 aromatic heterocycles. The summed E-state index contributed by atoms with van der Waals surface area (Å²) in [4.78, 5) is 0. The fraction of sp³-hybridized carbons (Fsp3) is 1.00. The first-order valence-electron chi connectivity index (χ1n) is 7.75. The Balaban J connectivity index is 0. The average molecular weight is 310 g/mol. The van der Waals surface area contributed by atoms with Crippen LogP contribution in [0.2, 0.25) is 0 Å². The molecule has 0 saturated carbocycles. The molecular formula is C15H34O6. The van der Waals surface area contributed by atoms with Gasteiger partial charge in [0.25, 0.3) is 0 Å². The third-order valence-corrected chi connectivity index (χ3v) is 2.16. The molecule has 2 N–H and O–H groups in total. The van der Waals surface area contributed by atoms with Crippen LogP contribution < -0.4 is 0 Å². The summed E-state index contributed by atoms with van der Waals surface area (Å²) in [5, 5.41) is 16.7. The second kappa shape index (κ2) is 22.0. The molecule has 0 aliphatic rings. The lowest BCUT2D eigenvalue weighted by molar-refractivity contribution is 0.0103. The maximum atomic E-state index is 8.34. The third kappa shape index (κ3) is 28.6. The average Bonchev–Trinajstić information content (AvgIpc) is 2.47. The van der Waals surface area contributed by atoms with Gasteiger partial charge in [-0.2, -0.15) is 0 Å². The van der Waals surface area contributed by atoms with E-state index in [9.17, 15) is 0 Å². The number of ether oxygens (including phenoxy) is 4. The second-order valence-corrected chi connectivity index (χ2v) is 4.56. The van der Waals surface area contributed by atoms with Gasteiger partial charge in [0, 0.05) is 6.61 Å². The summed E-state index contributed by atoms with van der Waals surface area (Å²) in [6.45, 7) is 10.3. The molecule has 0 aliphatic heterocycles. The van der Waals surface area contributed by atoms with Crippen molar-refractivity contribution in [3.8, 4) is 0 Å². The molecule has 130 valence electrons. The van der Waals surface area contributed by atoms with E-state index in [1.165, 1.54) is 0 Å². The van der Waals surface area contributed by atoms with Gasteiger partial charge in [-0.3, -0.25) is 0 Å². The molecule has 0 heterocycles. The van der Waals surface area contributed by atoms with Gasteiger partial charge in [-0.05, 0) is 20.3 Å². The Kier molecular flexibility index (Phi) is 24.2. The molecule has 0 rings (SSSR count). The summed E-state index contributed by atoms with van der Waals surface area (Å²) in [5.74, 6) is 0. The monoisotopic (exact) mass is 310 g/mol. The zero-order valence-electron chi connectivity index (χ0n) is 13.9. The zero-order valence-corrected chi connectivity index (χ0v) is 13.9. The molecule has 21 heavy (non-hydrogen) atoms. The first-order valence-corrected chi connectivity index (χ1v) is 7.75. The van der Waals surface area contributed by atoms with Gasteiger partial charge in [0.15, 0.2) is 0 Å². The van der Waals surface area contributed by atoms with Crippen molar-refractivity contribution in [2.45, 2.75) is 39.7 Å². The molecule has 0 saturated heterocycles. The van der Waals surface area contributed by atoms with Crippen molar-refractivity contribution in [3.05, 3.63) is 0 Å². The quantitative estimate of drug-likeness (QED) is 0.470. The van der Waals surface area contributed by atoms with Crippen molar-refractivity contribution >= 4 is 0 Å². The molecule has 6 heteroatoms. The van der Waals surface area contributed by atoms with E-state index >= 15 is 0 Å². The van der Waals surface area contributed by atoms with E-state index in [4.69, 9.17) is 29.2 Å². The van der Waals surface area contributed by atoms with Crippen molar-refractivity contribution in [3.63, 3.8) is 0 Å². The van der Waals surface area contributed by atoms with Crippen LogP contribution >= 0.6 is 0 Å². The molecule has 0 aliphatic carbocycles. The lowest BCUT2D eigenvalue weighted by Crippen LogP contribution is -2.10. The van der Waals surface area contributed by atoms with Crippen molar-refractivity contribution in [2.75, 3.05) is 59.5 Å². The Morgan fingerprint density at radius 2 is 1.19 bits per heavy atom. The molecule has 0 unspecified atom stereocenters. The summed E-state index contributed by atoms with van der Waals surface area (Å²) in [7, 11) is 0. The van der Waals surface area contributed by atoms with Gasteiger partial charge < -0.3 is 29.2 Å². The summed E-state index contributed by atoms with van der Waals surface area (Å²) in [5.41, 5.74) is 0. The van der Waals surface area contributed by atoms with E-state index in [0.29, 0.717) is 39.6 Å². The lowest BCUT2D eigenvalue weighted by atomic mass is 10.4. The summed E-state index contributed by atoms with van der Waals surface area (Å²) >= 11 is 0. The summed E-state index contributed by atoms with van der Waals surface area (Å²) in [6.07, 6.45) is 2.54. The number of hydrogen-bond donors (Lipinski definition) is 2. The van der Waals surface area contributed by atoms with Crippen LogP contribution in [0.15, 0.2) is 0 Å². The lowest BCUT2D eigenvalue weighted by Gasteiger charge is -2.06. The van der Waals surface area contributed by atoms with Crippen molar-refractivity contribution in [2.24, 2.45) is 0 Å². The topological polar surface area (TPSA) is 77.4 Å². The first-order chi connectivity index (χ1) is 10.2. The minimum Gasteiger partial charge on any atom is -0.394 e. The molecule has 0 atom stereocenters. The zero-order chi connectivity index (χ0) is 16.2. The van der Waals surface area contributed by atoms with Gasteiger partial charge in [-0.25, -0.2) is 0 Å².